The van der Waals surface area contributed by atoms with Crippen molar-refractivity contribution >= 4 is 23.8 Å². The molecule has 156 valence electrons. The lowest BCUT2D eigenvalue weighted by Crippen LogP contribution is -2.49. The standard InChI is InChI=1S/C21H27N3O5/c1-2-21(16-10-4-3-5-11-16)19(27)24(20(28)22-21)23-17(25)14-29-18(26)13-12-15-8-6-7-9-15/h3-5,10-11,15H,2,6-9,12-14H2,1H3,(H,22,28)(H,23,25)/t21-/m1/s1. The molecule has 0 spiro atoms. The van der Waals surface area contributed by atoms with Gasteiger partial charge in [0.05, 0.1) is 0 Å². The van der Waals surface area contributed by atoms with Gasteiger partial charge in [0, 0.05) is 6.42 Å². The number of esters is 1. The number of nitrogens with zero attached hydrogens (tertiary/aromatic N) is 1. The van der Waals surface area contributed by atoms with Crippen LogP contribution in [0.1, 0.15) is 57.4 Å². The molecule has 1 aromatic carbocycles. The number of imide groups is 1. The Bertz CT molecular complexity index is 776. The van der Waals surface area contributed by atoms with Crippen LogP contribution in [0, 0.1) is 5.92 Å². The second kappa shape index (κ2) is 9.07. The maximum absolute atomic E-state index is 12.9. The predicted octanol–water partition coefficient (Wildman–Crippen LogP) is 2.39. The van der Waals surface area contributed by atoms with E-state index >= 15 is 0 Å². The summed E-state index contributed by atoms with van der Waals surface area (Å²) in [5.74, 6) is -1.20. The summed E-state index contributed by atoms with van der Waals surface area (Å²) in [5, 5.41) is 3.33. The van der Waals surface area contributed by atoms with Crippen LogP contribution < -0.4 is 10.7 Å². The van der Waals surface area contributed by atoms with Crippen molar-refractivity contribution in [1.29, 1.82) is 0 Å². The largest absolute Gasteiger partial charge is 0.455 e. The van der Waals surface area contributed by atoms with Crippen molar-refractivity contribution in [3.05, 3.63) is 35.9 Å². The Hall–Kier alpha value is -2.90. The van der Waals surface area contributed by atoms with E-state index in [1.54, 1.807) is 31.2 Å². The zero-order valence-electron chi connectivity index (χ0n) is 16.6. The molecule has 0 bridgehead atoms. The first-order chi connectivity index (χ1) is 14.0. The number of nitrogens with one attached hydrogen (secondary N) is 2. The molecule has 1 atom stereocenters. The molecule has 4 amide bonds. The maximum Gasteiger partial charge on any atom is 0.344 e. The summed E-state index contributed by atoms with van der Waals surface area (Å²) in [7, 11) is 0. The van der Waals surface area contributed by atoms with Crippen LogP contribution in [0.4, 0.5) is 4.79 Å². The molecule has 3 rings (SSSR count). The van der Waals surface area contributed by atoms with Gasteiger partial charge in [-0.1, -0.05) is 62.9 Å². The lowest BCUT2D eigenvalue weighted by molar-refractivity contribution is -0.151. The van der Waals surface area contributed by atoms with Gasteiger partial charge in [-0.15, -0.1) is 0 Å². The molecular weight excluding hydrogens is 374 g/mol. The van der Waals surface area contributed by atoms with Crippen molar-refractivity contribution < 1.29 is 23.9 Å². The average molecular weight is 401 g/mol. The zero-order chi connectivity index (χ0) is 20.9. The van der Waals surface area contributed by atoms with Crippen molar-refractivity contribution in [1.82, 2.24) is 15.8 Å². The van der Waals surface area contributed by atoms with Gasteiger partial charge < -0.3 is 10.1 Å². The van der Waals surface area contributed by atoms with Crippen molar-refractivity contribution in [2.45, 2.75) is 57.4 Å². The molecule has 1 aliphatic heterocycles. The fraction of sp³-hybridized carbons (Fsp3) is 0.524. The van der Waals surface area contributed by atoms with E-state index in [0.29, 0.717) is 22.9 Å². The Labute approximate surface area is 169 Å². The molecule has 29 heavy (non-hydrogen) atoms. The quantitative estimate of drug-likeness (QED) is 0.514. The van der Waals surface area contributed by atoms with E-state index in [1.807, 2.05) is 6.07 Å². The third kappa shape index (κ3) is 4.58. The summed E-state index contributed by atoms with van der Waals surface area (Å²) in [6, 6.07) is 8.14. The number of benzene rings is 1. The maximum atomic E-state index is 12.9. The zero-order valence-corrected chi connectivity index (χ0v) is 16.6. The van der Waals surface area contributed by atoms with Gasteiger partial charge in [0.15, 0.2) is 6.61 Å². The average Bonchev–Trinajstić information content (AvgIpc) is 3.34. The summed E-state index contributed by atoms with van der Waals surface area (Å²) >= 11 is 0. The van der Waals surface area contributed by atoms with Crippen LogP contribution in [0.3, 0.4) is 0 Å². The Morgan fingerprint density at radius 3 is 2.55 bits per heavy atom. The Balaban J connectivity index is 1.52. The smallest absolute Gasteiger partial charge is 0.344 e. The molecule has 1 heterocycles. The Morgan fingerprint density at radius 2 is 1.90 bits per heavy atom. The molecule has 1 saturated carbocycles. The van der Waals surface area contributed by atoms with Gasteiger partial charge in [-0.3, -0.25) is 19.8 Å². The topological polar surface area (TPSA) is 105 Å². The van der Waals surface area contributed by atoms with Crippen LogP contribution in [0.2, 0.25) is 0 Å². The number of rotatable bonds is 8. The first kappa shape index (κ1) is 20.8. The van der Waals surface area contributed by atoms with Crippen LogP contribution in [-0.2, 0) is 24.7 Å². The fourth-order valence-electron chi connectivity index (χ4n) is 4.03. The predicted molar refractivity (Wildman–Crippen MR) is 104 cm³/mol. The van der Waals surface area contributed by atoms with Crippen LogP contribution in [0.5, 0.6) is 0 Å². The first-order valence-corrected chi connectivity index (χ1v) is 10.1. The van der Waals surface area contributed by atoms with Crippen molar-refractivity contribution in [3.63, 3.8) is 0 Å². The van der Waals surface area contributed by atoms with Crippen LogP contribution >= 0.6 is 0 Å². The van der Waals surface area contributed by atoms with E-state index in [0.717, 1.165) is 19.3 Å². The van der Waals surface area contributed by atoms with E-state index in [9.17, 15) is 19.2 Å². The molecule has 0 unspecified atom stereocenters. The Kier molecular flexibility index (Phi) is 6.51. The van der Waals surface area contributed by atoms with E-state index in [-0.39, 0.29) is 6.42 Å². The molecule has 0 aromatic heterocycles. The second-order valence-corrected chi connectivity index (χ2v) is 7.58. The molecule has 2 aliphatic rings. The van der Waals surface area contributed by atoms with Crippen LogP contribution in [0.15, 0.2) is 30.3 Å². The molecule has 1 aromatic rings. The normalized spacial score (nSPS) is 21.9. The van der Waals surface area contributed by atoms with Gasteiger partial charge >= 0.3 is 12.0 Å². The first-order valence-electron chi connectivity index (χ1n) is 10.1. The van der Waals surface area contributed by atoms with Crippen LogP contribution in [0.25, 0.3) is 0 Å². The highest BCUT2D eigenvalue weighted by atomic mass is 16.5. The summed E-state index contributed by atoms with van der Waals surface area (Å²) in [6.07, 6.45) is 6.05. The molecule has 0 radical (unpaired) electrons. The fourth-order valence-corrected chi connectivity index (χ4v) is 4.03. The third-order valence-corrected chi connectivity index (χ3v) is 5.72. The van der Waals surface area contributed by atoms with Gasteiger partial charge in [0.1, 0.15) is 5.54 Å². The summed E-state index contributed by atoms with van der Waals surface area (Å²) in [6.45, 7) is 1.24. The number of hydrogen-bond donors (Lipinski definition) is 2. The molecule has 8 heteroatoms. The number of carbonyl (C=O) groups is 4. The number of hydrogen-bond acceptors (Lipinski definition) is 5. The highest BCUT2D eigenvalue weighted by molar-refractivity contribution is 6.08. The van der Waals surface area contributed by atoms with E-state index in [2.05, 4.69) is 10.7 Å². The molecule has 2 fully saturated rings. The number of carbonyl (C=O) groups excluding carboxylic acids is 4. The minimum Gasteiger partial charge on any atom is -0.455 e. The summed E-state index contributed by atoms with van der Waals surface area (Å²) in [4.78, 5) is 49.2. The number of hydrazine groups is 1. The molecule has 8 nitrogen and oxygen atoms in total. The lowest BCUT2D eigenvalue weighted by atomic mass is 9.87. The highest BCUT2D eigenvalue weighted by Gasteiger charge is 2.52. The Morgan fingerprint density at radius 1 is 1.21 bits per heavy atom. The minimum atomic E-state index is -1.23. The summed E-state index contributed by atoms with van der Waals surface area (Å²) < 4.78 is 4.99. The monoisotopic (exact) mass is 401 g/mol. The number of urea groups is 1. The van der Waals surface area contributed by atoms with Gasteiger partial charge in [0.25, 0.3) is 11.8 Å². The van der Waals surface area contributed by atoms with Crippen molar-refractivity contribution in [2.75, 3.05) is 6.61 Å². The van der Waals surface area contributed by atoms with E-state index < -0.39 is 36.0 Å². The van der Waals surface area contributed by atoms with E-state index in [4.69, 9.17) is 4.74 Å². The number of amides is 4. The second-order valence-electron chi connectivity index (χ2n) is 7.58. The molecular formula is C21H27N3O5. The van der Waals surface area contributed by atoms with Crippen molar-refractivity contribution in [3.8, 4) is 0 Å². The van der Waals surface area contributed by atoms with E-state index in [1.165, 1.54) is 12.8 Å². The highest BCUT2D eigenvalue weighted by Crippen LogP contribution is 2.31. The molecule has 2 N–H and O–H groups in total. The lowest BCUT2D eigenvalue weighted by Gasteiger charge is -2.25. The third-order valence-electron chi connectivity index (χ3n) is 5.72. The van der Waals surface area contributed by atoms with Crippen molar-refractivity contribution in [2.24, 2.45) is 5.92 Å². The summed E-state index contributed by atoms with van der Waals surface area (Å²) in [5.41, 5.74) is 1.65. The van der Waals surface area contributed by atoms with Gasteiger partial charge in [-0.2, -0.15) is 5.01 Å². The number of ether oxygens (including phenoxy) is 1. The van der Waals surface area contributed by atoms with Gasteiger partial charge in [-0.05, 0) is 24.3 Å². The molecule has 1 saturated heterocycles. The van der Waals surface area contributed by atoms with Crippen LogP contribution in [-0.4, -0.2) is 35.4 Å². The minimum absolute atomic E-state index is 0.272. The SMILES string of the molecule is CC[C@]1(c2ccccc2)NC(=O)N(NC(=O)COC(=O)CCC2CCCC2)C1=O. The van der Waals surface area contributed by atoms with Gasteiger partial charge in [0.2, 0.25) is 0 Å². The van der Waals surface area contributed by atoms with Gasteiger partial charge in [-0.25, -0.2) is 4.79 Å². The molecule has 1 aliphatic carbocycles.